The van der Waals surface area contributed by atoms with Crippen molar-refractivity contribution < 1.29 is 9.50 Å². The van der Waals surface area contributed by atoms with Gasteiger partial charge < -0.3 is 15.7 Å². The molecule has 0 aliphatic carbocycles. The molecule has 94 valence electrons. The molecule has 1 fully saturated rings. The summed E-state index contributed by atoms with van der Waals surface area (Å²) in [6.45, 7) is 2.64. The second-order valence-corrected chi connectivity index (χ2v) is 5.27. The Kier molecular flexibility index (Phi) is 4.50. The number of aliphatic hydroxyl groups excluding tert-OH is 1. The highest BCUT2D eigenvalue weighted by atomic mass is 79.9. The molecule has 1 aliphatic heterocycles. The predicted octanol–water partition coefficient (Wildman–Crippen LogP) is 1.26. The van der Waals surface area contributed by atoms with Gasteiger partial charge in [0.05, 0.1) is 6.10 Å². The van der Waals surface area contributed by atoms with Crippen molar-refractivity contribution in [1.29, 1.82) is 0 Å². The summed E-state index contributed by atoms with van der Waals surface area (Å²) < 4.78 is 14.3. The second-order valence-electron chi connectivity index (χ2n) is 4.35. The maximum Gasteiger partial charge on any atom is 0.127 e. The van der Waals surface area contributed by atoms with E-state index in [0.29, 0.717) is 25.2 Å². The average Bonchev–Trinajstić information content (AvgIpc) is 2.70. The Labute approximate surface area is 109 Å². The minimum atomic E-state index is -0.296. The first kappa shape index (κ1) is 13.0. The lowest BCUT2D eigenvalue weighted by molar-refractivity contribution is 0.146. The van der Waals surface area contributed by atoms with Crippen LogP contribution in [0, 0.1) is 11.7 Å². The summed E-state index contributed by atoms with van der Waals surface area (Å²) in [5.41, 5.74) is 0.639. The zero-order valence-corrected chi connectivity index (χ0v) is 11.0. The number of rotatable bonds is 4. The Morgan fingerprint density at radius 3 is 3.00 bits per heavy atom. The van der Waals surface area contributed by atoms with Gasteiger partial charge in [-0.1, -0.05) is 15.9 Å². The Morgan fingerprint density at radius 2 is 2.29 bits per heavy atom. The summed E-state index contributed by atoms with van der Waals surface area (Å²) in [5.74, 6) is 0.0102. The van der Waals surface area contributed by atoms with Crippen molar-refractivity contribution in [1.82, 2.24) is 10.6 Å². The van der Waals surface area contributed by atoms with E-state index in [1.807, 2.05) is 0 Å². The van der Waals surface area contributed by atoms with Gasteiger partial charge in [-0.25, -0.2) is 4.39 Å². The van der Waals surface area contributed by atoms with Crippen LogP contribution in [0.1, 0.15) is 5.56 Å². The fourth-order valence-electron chi connectivity index (χ4n) is 2.00. The summed E-state index contributed by atoms with van der Waals surface area (Å²) in [4.78, 5) is 0. The van der Waals surface area contributed by atoms with Crippen LogP contribution in [-0.4, -0.2) is 30.8 Å². The maximum absolute atomic E-state index is 13.4. The van der Waals surface area contributed by atoms with Gasteiger partial charge in [0.2, 0.25) is 0 Å². The van der Waals surface area contributed by atoms with Crippen LogP contribution in [-0.2, 0) is 6.54 Å². The molecule has 5 heteroatoms. The molecule has 0 radical (unpaired) electrons. The summed E-state index contributed by atoms with van der Waals surface area (Å²) in [6, 6.07) is 4.90. The van der Waals surface area contributed by atoms with E-state index >= 15 is 0 Å². The second kappa shape index (κ2) is 5.91. The molecule has 1 saturated heterocycles. The van der Waals surface area contributed by atoms with E-state index < -0.39 is 0 Å². The largest absolute Gasteiger partial charge is 0.391 e. The van der Waals surface area contributed by atoms with Gasteiger partial charge in [0.15, 0.2) is 0 Å². The summed E-state index contributed by atoms with van der Waals surface area (Å²) in [7, 11) is 0. The maximum atomic E-state index is 13.4. The van der Waals surface area contributed by atoms with Crippen molar-refractivity contribution in [3.63, 3.8) is 0 Å². The Bertz CT molecular complexity index is 389. The highest BCUT2D eigenvalue weighted by molar-refractivity contribution is 9.10. The lowest BCUT2D eigenvalue weighted by Gasteiger charge is -2.14. The van der Waals surface area contributed by atoms with Gasteiger partial charge in [0.1, 0.15) is 5.82 Å². The van der Waals surface area contributed by atoms with Crippen molar-refractivity contribution in [2.45, 2.75) is 12.6 Å². The number of β-amino-alcohol motifs (C(OH)–C–C–N with tert-alkyl or cyclic N) is 1. The number of hydrogen-bond acceptors (Lipinski definition) is 3. The van der Waals surface area contributed by atoms with E-state index in [2.05, 4.69) is 26.6 Å². The molecule has 0 saturated carbocycles. The van der Waals surface area contributed by atoms with Crippen LogP contribution >= 0.6 is 15.9 Å². The van der Waals surface area contributed by atoms with Crippen LogP contribution in [0.5, 0.6) is 0 Å². The SMILES string of the molecule is OC1CNCC1CNCc1cc(Br)ccc1F. The van der Waals surface area contributed by atoms with E-state index in [4.69, 9.17) is 0 Å². The van der Waals surface area contributed by atoms with E-state index in [1.54, 1.807) is 12.1 Å². The molecule has 1 aromatic carbocycles. The van der Waals surface area contributed by atoms with Gasteiger partial charge in [-0.15, -0.1) is 0 Å². The molecule has 0 amide bonds. The minimum Gasteiger partial charge on any atom is -0.391 e. The number of aliphatic hydroxyl groups is 1. The van der Waals surface area contributed by atoms with Crippen molar-refractivity contribution >= 4 is 15.9 Å². The summed E-state index contributed by atoms with van der Waals surface area (Å²) in [5, 5.41) is 15.9. The van der Waals surface area contributed by atoms with E-state index in [0.717, 1.165) is 11.0 Å². The zero-order valence-electron chi connectivity index (χ0n) is 9.42. The Balaban J connectivity index is 1.83. The van der Waals surface area contributed by atoms with Gasteiger partial charge in [0, 0.05) is 42.1 Å². The van der Waals surface area contributed by atoms with Gasteiger partial charge in [0.25, 0.3) is 0 Å². The molecule has 0 bridgehead atoms. The van der Waals surface area contributed by atoms with Gasteiger partial charge >= 0.3 is 0 Å². The quantitative estimate of drug-likeness (QED) is 0.784. The first-order chi connectivity index (χ1) is 8.16. The monoisotopic (exact) mass is 302 g/mol. The molecule has 3 nitrogen and oxygen atoms in total. The number of benzene rings is 1. The van der Waals surface area contributed by atoms with Gasteiger partial charge in [-0.05, 0) is 18.2 Å². The van der Waals surface area contributed by atoms with Crippen molar-refractivity contribution in [3.05, 3.63) is 34.1 Å². The van der Waals surface area contributed by atoms with Crippen LogP contribution in [0.3, 0.4) is 0 Å². The van der Waals surface area contributed by atoms with Crippen LogP contribution < -0.4 is 10.6 Å². The molecular formula is C12H16BrFN2O. The fraction of sp³-hybridized carbons (Fsp3) is 0.500. The predicted molar refractivity (Wildman–Crippen MR) is 68.2 cm³/mol. The van der Waals surface area contributed by atoms with Crippen LogP contribution in [0.25, 0.3) is 0 Å². The lowest BCUT2D eigenvalue weighted by atomic mass is 10.1. The first-order valence-corrected chi connectivity index (χ1v) is 6.49. The third-order valence-corrected chi connectivity index (χ3v) is 3.53. The molecule has 1 aliphatic rings. The molecule has 2 atom stereocenters. The minimum absolute atomic E-state index is 0.203. The van der Waals surface area contributed by atoms with Gasteiger partial charge in [-0.3, -0.25) is 0 Å². The highest BCUT2D eigenvalue weighted by Crippen LogP contribution is 2.15. The topological polar surface area (TPSA) is 44.3 Å². The van der Waals surface area contributed by atoms with Crippen LogP contribution in [0.15, 0.2) is 22.7 Å². The van der Waals surface area contributed by atoms with Crippen molar-refractivity contribution in [3.8, 4) is 0 Å². The molecule has 1 aromatic rings. The summed E-state index contributed by atoms with van der Waals surface area (Å²) >= 11 is 3.32. The zero-order chi connectivity index (χ0) is 12.3. The molecule has 3 N–H and O–H groups in total. The average molecular weight is 303 g/mol. The third kappa shape index (κ3) is 3.48. The molecule has 1 heterocycles. The van der Waals surface area contributed by atoms with Crippen molar-refractivity contribution in [2.75, 3.05) is 19.6 Å². The van der Waals surface area contributed by atoms with Crippen LogP contribution in [0.4, 0.5) is 4.39 Å². The Morgan fingerprint density at radius 1 is 1.47 bits per heavy atom. The molecule has 0 spiro atoms. The molecule has 17 heavy (non-hydrogen) atoms. The third-order valence-electron chi connectivity index (χ3n) is 3.03. The molecule has 2 rings (SSSR count). The molecule has 0 aromatic heterocycles. The van der Waals surface area contributed by atoms with Crippen molar-refractivity contribution in [2.24, 2.45) is 5.92 Å². The molecular weight excluding hydrogens is 287 g/mol. The van der Waals surface area contributed by atoms with Crippen LogP contribution in [0.2, 0.25) is 0 Å². The standard InChI is InChI=1S/C12H16BrFN2O/c13-10-1-2-11(14)8(3-10)4-15-5-9-6-16-7-12(9)17/h1-3,9,12,15-17H,4-7H2. The van der Waals surface area contributed by atoms with E-state index in [9.17, 15) is 9.50 Å². The number of halogens is 2. The fourth-order valence-corrected chi connectivity index (χ4v) is 2.41. The number of nitrogens with one attached hydrogen (secondary N) is 2. The normalized spacial score (nSPS) is 24.2. The highest BCUT2D eigenvalue weighted by Gasteiger charge is 2.24. The Hall–Kier alpha value is -0.490. The number of hydrogen-bond donors (Lipinski definition) is 3. The van der Waals surface area contributed by atoms with E-state index in [1.165, 1.54) is 6.07 Å². The lowest BCUT2D eigenvalue weighted by Crippen LogP contribution is -2.30. The summed E-state index contributed by atoms with van der Waals surface area (Å²) in [6.07, 6.45) is -0.296. The van der Waals surface area contributed by atoms with E-state index in [-0.39, 0.29) is 17.8 Å². The molecule has 2 unspecified atom stereocenters. The van der Waals surface area contributed by atoms with Gasteiger partial charge in [-0.2, -0.15) is 0 Å². The first-order valence-electron chi connectivity index (χ1n) is 5.70. The smallest absolute Gasteiger partial charge is 0.127 e.